The summed E-state index contributed by atoms with van der Waals surface area (Å²) in [5, 5.41) is 24.1. The van der Waals surface area contributed by atoms with Crippen molar-refractivity contribution in [3.8, 4) is 0 Å². The fraction of sp³-hybridized carbons (Fsp3) is 0.520. The van der Waals surface area contributed by atoms with Gasteiger partial charge in [-0.05, 0) is 46.6 Å². The number of nitrogens with one attached hydrogen (secondary N) is 1. The second-order valence-electron chi connectivity index (χ2n) is 9.98. The molecule has 8 nitrogen and oxygen atoms in total. The number of hydrogen-bond donors (Lipinski definition) is 3. The van der Waals surface area contributed by atoms with E-state index in [0.717, 1.165) is 6.07 Å². The third-order valence-corrected chi connectivity index (χ3v) is 6.76. The van der Waals surface area contributed by atoms with Crippen molar-refractivity contribution in [2.45, 2.75) is 77.0 Å². The van der Waals surface area contributed by atoms with E-state index in [-0.39, 0.29) is 41.6 Å². The fourth-order valence-electron chi connectivity index (χ4n) is 5.00. The van der Waals surface area contributed by atoms with E-state index in [9.17, 15) is 28.6 Å². The number of aliphatic hydroxyl groups is 2. The summed E-state index contributed by atoms with van der Waals surface area (Å²) in [7, 11) is 0. The van der Waals surface area contributed by atoms with E-state index in [1.165, 1.54) is 12.3 Å². The molecular formula is C25H31F2N3O5. The first kappa shape index (κ1) is 25.1. The molecule has 0 aromatic heterocycles. The van der Waals surface area contributed by atoms with Gasteiger partial charge in [-0.25, -0.2) is 8.78 Å². The van der Waals surface area contributed by atoms with Gasteiger partial charge in [-0.15, -0.1) is 0 Å². The summed E-state index contributed by atoms with van der Waals surface area (Å²) in [4.78, 5) is 29.4. The number of piperazine rings is 1. The van der Waals surface area contributed by atoms with E-state index in [1.807, 2.05) is 27.7 Å². The minimum Gasteiger partial charge on any atom is -0.507 e. The number of carbonyl (C=O) groups is 2. The number of benzene rings is 1. The van der Waals surface area contributed by atoms with E-state index in [2.05, 4.69) is 5.32 Å². The summed E-state index contributed by atoms with van der Waals surface area (Å²) in [6, 6.07) is 2.88. The Morgan fingerprint density at radius 1 is 1.26 bits per heavy atom. The smallest absolute Gasteiger partial charge is 0.274 e. The summed E-state index contributed by atoms with van der Waals surface area (Å²) in [5.74, 6) is -3.32. The molecule has 190 valence electrons. The molecule has 2 amide bonds. The van der Waals surface area contributed by atoms with Gasteiger partial charge in [0.15, 0.2) is 5.76 Å². The second-order valence-corrected chi connectivity index (χ2v) is 9.98. The van der Waals surface area contributed by atoms with Crippen molar-refractivity contribution in [1.82, 2.24) is 15.1 Å². The summed E-state index contributed by atoms with van der Waals surface area (Å²) < 4.78 is 33.0. The Morgan fingerprint density at radius 2 is 1.94 bits per heavy atom. The van der Waals surface area contributed by atoms with Gasteiger partial charge in [0.25, 0.3) is 11.8 Å². The predicted octanol–water partition coefficient (Wildman–Crippen LogP) is 2.49. The Morgan fingerprint density at radius 3 is 2.54 bits per heavy atom. The lowest BCUT2D eigenvalue weighted by Gasteiger charge is -2.60. The molecule has 1 aliphatic carbocycles. The Balaban J connectivity index is 1.62. The van der Waals surface area contributed by atoms with Crippen LogP contribution in [0, 0.1) is 11.6 Å². The Labute approximate surface area is 202 Å². The zero-order chi connectivity index (χ0) is 25.7. The predicted molar refractivity (Wildman–Crippen MR) is 123 cm³/mol. The summed E-state index contributed by atoms with van der Waals surface area (Å²) in [6.07, 6.45) is 0.799. The number of halogens is 2. The molecule has 1 aromatic rings. The van der Waals surface area contributed by atoms with Crippen LogP contribution in [0.1, 0.15) is 46.1 Å². The molecule has 0 radical (unpaired) electrons. The summed E-state index contributed by atoms with van der Waals surface area (Å²) in [6.45, 7) is 7.76. The lowest BCUT2D eigenvalue weighted by Crippen LogP contribution is -2.70. The lowest BCUT2D eigenvalue weighted by atomic mass is 9.70. The van der Waals surface area contributed by atoms with Crippen LogP contribution in [0.2, 0.25) is 0 Å². The number of amides is 2. The monoisotopic (exact) mass is 491 g/mol. The molecule has 3 N–H and O–H groups in total. The topological polar surface area (TPSA) is 102 Å². The van der Waals surface area contributed by atoms with Crippen LogP contribution in [0.5, 0.6) is 0 Å². The number of hydrogen-bond acceptors (Lipinski definition) is 6. The number of nitrogens with zero attached hydrogens (tertiary/aromatic N) is 2. The number of aliphatic hydroxyl groups excluding tert-OH is 2. The van der Waals surface area contributed by atoms with Crippen molar-refractivity contribution in [1.29, 1.82) is 0 Å². The molecule has 10 heteroatoms. The van der Waals surface area contributed by atoms with Gasteiger partial charge < -0.3 is 30.1 Å². The molecule has 2 fully saturated rings. The first-order valence-electron chi connectivity index (χ1n) is 11.7. The molecule has 1 saturated heterocycles. The van der Waals surface area contributed by atoms with Gasteiger partial charge in [0.1, 0.15) is 23.4 Å². The van der Waals surface area contributed by atoms with Crippen molar-refractivity contribution < 1.29 is 33.3 Å². The zero-order valence-electron chi connectivity index (χ0n) is 20.2. The highest BCUT2D eigenvalue weighted by Crippen LogP contribution is 2.48. The number of ether oxygens (including phenoxy) is 1. The van der Waals surface area contributed by atoms with E-state index >= 15 is 0 Å². The van der Waals surface area contributed by atoms with Crippen molar-refractivity contribution in [3.05, 3.63) is 58.6 Å². The Kier molecular flexibility index (Phi) is 6.63. The largest absolute Gasteiger partial charge is 0.507 e. The van der Waals surface area contributed by atoms with Gasteiger partial charge in [0, 0.05) is 37.0 Å². The fourth-order valence-corrected chi connectivity index (χ4v) is 5.00. The van der Waals surface area contributed by atoms with Gasteiger partial charge in [-0.1, -0.05) is 6.07 Å². The van der Waals surface area contributed by atoms with Crippen LogP contribution in [-0.2, 0) is 20.9 Å². The van der Waals surface area contributed by atoms with Gasteiger partial charge >= 0.3 is 0 Å². The molecule has 4 rings (SSSR count). The van der Waals surface area contributed by atoms with Crippen LogP contribution in [-0.4, -0.2) is 68.3 Å². The third-order valence-electron chi connectivity index (χ3n) is 6.76. The van der Waals surface area contributed by atoms with E-state index in [4.69, 9.17) is 4.74 Å². The Hall–Kier alpha value is -2.98. The first-order chi connectivity index (χ1) is 16.4. The number of rotatable bonds is 6. The minimum atomic E-state index is -1.73. The van der Waals surface area contributed by atoms with E-state index in [1.54, 1.807) is 9.80 Å². The second kappa shape index (κ2) is 9.23. The average Bonchev–Trinajstić information content (AvgIpc) is 2.75. The summed E-state index contributed by atoms with van der Waals surface area (Å²) >= 11 is 0. The minimum absolute atomic E-state index is 0.0269. The molecule has 1 unspecified atom stereocenters. The zero-order valence-corrected chi connectivity index (χ0v) is 20.2. The molecule has 0 bridgehead atoms. The highest BCUT2D eigenvalue weighted by molar-refractivity contribution is 5.99. The highest BCUT2D eigenvalue weighted by atomic mass is 19.1. The molecule has 3 aliphatic rings. The molecule has 2 aliphatic heterocycles. The van der Waals surface area contributed by atoms with Crippen LogP contribution in [0.25, 0.3) is 0 Å². The van der Waals surface area contributed by atoms with Gasteiger partial charge in [-0.3, -0.25) is 9.59 Å². The molecule has 1 aromatic carbocycles. The maximum absolute atomic E-state index is 14.0. The van der Waals surface area contributed by atoms with Crippen LogP contribution in [0.3, 0.4) is 0 Å². The molecule has 1 atom stereocenters. The van der Waals surface area contributed by atoms with Crippen LogP contribution >= 0.6 is 0 Å². The maximum Gasteiger partial charge on any atom is 0.274 e. The first-order valence-corrected chi connectivity index (χ1v) is 11.7. The van der Waals surface area contributed by atoms with Gasteiger partial charge in [0.2, 0.25) is 0 Å². The van der Waals surface area contributed by atoms with Gasteiger partial charge in [0.05, 0.1) is 23.3 Å². The lowest BCUT2D eigenvalue weighted by molar-refractivity contribution is -0.157. The van der Waals surface area contributed by atoms with Crippen molar-refractivity contribution in [3.63, 3.8) is 0 Å². The van der Waals surface area contributed by atoms with Crippen LogP contribution < -0.4 is 5.32 Å². The molecular weight excluding hydrogens is 460 g/mol. The third kappa shape index (κ3) is 4.52. The molecule has 1 spiro atoms. The number of carbonyl (C=O) groups excluding carboxylic acids is 2. The van der Waals surface area contributed by atoms with Crippen molar-refractivity contribution in [2.24, 2.45) is 0 Å². The van der Waals surface area contributed by atoms with E-state index in [0.29, 0.717) is 25.5 Å². The van der Waals surface area contributed by atoms with Crippen LogP contribution in [0.4, 0.5) is 8.78 Å². The normalized spacial score (nSPS) is 26.3. The van der Waals surface area contributed by atoms with Crippen molar-refractivity contribution in [2.75, 3.05) is 6.54 Å². The van der Waals surface area contributed by atoms with Gasteiger partial charge in [-0.2, -0.15) is 0 Å². The standard InChI is InChI=1S/C25H31F2N3O5/c1-13(2)29-12-25(8-17(9-25)35-14(3)4)30-11-18(21(31)22(32)20(30)24(29)34)23(33)28-10-15-5-6-16(26)7-19(15)27/h5-7,11,13-14,17,21,31-32H,8-10,12H2,1-4H3,(H,28,33). The van der Waals surface area contributed by atoms with Crippen molar-refractivity contribution >= 4 is 11.8 Å². The number of fused-ring (bicyclic) bond motifs is 2. The molecule has 35 heavy (non-hydrogen) atoms. The highest BCUT2D eigenvalue weighted by Gasteiger charge is 2.58. The molecule has 1 saturated carbocycles. The maximum atomic E-state index is 14.0. The molecule has 2 heterocycles. The quantitative estimate of drug-likeness (QED) is 0.565. The summed E-state index contributed by atoms with van der Waals surface area (Å²) in [5.41, 5.74) is -0.764. The van der Waals surface area contributed by atoms with E-state index < -0.39 is 40.9 Å². The SMILES string of the molecule is CC(C)OC1CC2(C1)CN(C(C)C)C(=O)C1=C(O)C(O)C(C(=O)NCc3ccc(F)cc3F)=CN12. The Bertz CT molecular complexity index is 1090. The average molecular weight is 492 g/mol. The van der Waals surface area contributed by atoms with Crippen LogP contribution in [0.15, 0.2) is 41.4 Å².